The highest BCUT2D eigenvalue weighted by Gasteiger charge is 2.17. The molecule has 1 atom stereocenters. The molecule has 2 aromatic rings. The molecule has 1 aromatic heterocycles. The third-order valence-electron chi connectivity index (χ3n) is 2.89. The first-order valence-electron chi connectivity index (χ1n) is 6.40. The van der Waals surface area contributed by atoms with Gasteiger partial charge in [-0.25, -0.2) is 13.1 Å². The fraction of sp³-hybridized carbons (Fsp3) is 0.357. The molecule has 0 spiro atoms. The minimum atomic E-state index is -3.23. The first kappa shape index (κ1) is 14.7. The number of sulfone groups is 1. The number of nitrogens with zero attached hydrogens (tertiary/aromatic N) is 2. The first-order valence-corrected chi connectivity index (χ1v) is 8.22. The summed E-state index contributed by atoms with van der Waals surface area (Å²) in [5.74, 6) is -0.311. The topological polar surface area (TPSA) is 72.2 Å². The van der Waals surface area contributed by atoms with E-state index in [2.05, 4.69) is 5.10 Å². The summed E-state index contributed by atoms with van der Waals surface area (Å²) in [4.78, 5) is 0. The minimum absolute atomic E-state index is 0.0139. The molecule has 0 aliphatic carbocycles. The lowest BCUT2D eigenvalue weighted by molar-refractivity contribution is 0.249. The van der Waals surface area contributed by atoms with Gasteiger partial charge in [0.2, 0.25) is 0 Å². The zero-order valence-electron chi connectivity index (χ0n) is 11.3. The normalized spacial score (nSPS) is 13.3. The summed E-state index contributed by atoms with van der Waals surface area (Å²) in [6.45, 7) is 1.59. The van der Waals surface area contributed by atoms with E-state index in [0.717, 1.165) is 5.69 Å². The smallest absolute Gasteiger partial charge is 0.154 e. The van der Waals surface area contributed by atoms with Crippen LogP contribution in [-0.2, 0) is 15.6 Å². The van der Waals surface area contributed by atoms with Gasteiger partial charge in [-0.05, 0) is 18.1 Å². The molecule has 6 heteroatoms. The number of aromatic nitrogens is 2. The standard InChI is InChI=1S/C14H18N2O3S/c1-12(9-17)10-20(18,19)11-13-7-15-16(8-13)14-5-3-2-4-6-14/h2-8,12,17H,9-11H2,1H3. The van der Waals surface area contributed by atoms with Crippen LogP contribution in [0.3, 0.4) is 0 Å². The van der Waals surface area contributed by atoms with Gasteiger partial charge in [0.1, 0.15) is 0 Å². The molecule has 0 saturated carbocycles. The third kappa shape index (κ3) is 3.91. The molecule has 0 amide bonds. The second kappa shape index (κ2) is 6.19. The Hall–Kier alpha value is -1.66. The Morgan fingerprint density at radius 3 is 2.65 bits per heavy atom. The van der Waals surface area contributed by atoms with Crippen molar-refractivity contribution < 1.29 is 13.5 Å². The van der Waals surface area contributed by atoms with Crippen molar-refractivity contribution in [3.05, 3.63) is 48.3 Å². The Balaban J connectivity index is 2.10. The van der Waals surface area contributed by atoms with Crippen molar-refractivity contribution in [3.63, 3.8) is 0 Å². The molecule has 0 aliphatic rings. The third-order valence-corrected chi connectivity index (χ3v) is 4.74. The highest BCUT2D eigenvalue weighted by Crippen LogP contribution is 2.12. The molecule has 0 bridgehead atoms. The molecule has 1 unspecified atom stereocenters. The Morgan fingerprint density at radius 2 is 2.00 bits per heavy atom. The number of benzene rings is 1. The van der Waals surface area contributed by atoms with Crippen LogP contribution in [0.4, 0.5) is 0 Å². The number of aliphatic hydroxyl groups excluding tert-OH is 1. The highest BCUT2D eigenvalue weighted by molar-refractivity contribution is 7.90. The van der Waals surface area contributed by atoms with Gasteiger partial charge in [0, 0.05) is 18.4 Å². The summed E-state index contributed by atoms with van der Waals surface area (Å²) in [7, 11) is -3.23. The average Bonchev–Trinajstić information content (AvgIpc) is 2.86. The van der Waals surface area contributed by atoms with Gasteiger partial charge in [-0.1, -0.05) is 25.1 Å². The average molecular weight is 294 g/mol. The Kier molecular flexibility index (Phi) is 4.57. The van der Waals surface area contributed by atoms with Crippen LogP contribution in [0.1, 0.15) is 12.5 Å². The van der Waals surface area contributed by atoms with E-state index in [9.17, 15) is 8.42 Å². The number of rotatable bonds is 6. The summed E-state index contributed by atoms with van der Waals surface area (Å²) in [5, 5.41) is 13.1. The van der Waals surface area contributed by atoms with Gasteiger partial charge in [0.05, 0.1) is 23.4 Å². The van der Waals surface area contributed by atoms with E-state index in [1.165, 1.54) is 0 Å². The number of para-hydroxylation sites is 1. The molecular formula is C14H18N2O3S. The second-order valence-corrected chi connectivity index (χ2v) is 7.08. The van der Waals surface area contributed by atoms with Gasteiger partial charge in [-0.2, -0.15) is 5.10 Å². The molecule has 108 valence electrons. The van der Waals surface area contributed by atoms with Gasteiger partial charge in [0.15, 0.2) is 9.84 Å². The SMILES string of the molecule is CC(CO)CS(=O)(=O)Cc1cnn(-c2ccccc2)c1. The number of hydrogen-bond acceptors (Lipinski definition) is 4. The molecule has 5 nitrogen and oxygen atoms in total. The summed E-state index contributed by atoms with van der Waals surface area (Å²) < 4.78 is 25.6. The summed E-state index contributed by atoms with van der Waals surface area (Å²) in [5.41, 5.74) is 1.54. The zero-order chi connectivity index (χ0) is 14.6. The van der Waals surface area contributed by atoms with Gasteiger partial charge in [0.25, 0.3) is 0 Å². The van der Waals surface area contributed by atoms with Crippen LogP contribution in [0.15, 0.2) is 42.7 Å². The molecular weight excluding hydrogens is 276 g/mol. The van der Waals surface area contributed by atoms with Crippen LogP contribution < -0.4 is 0 Å². The van der Waals surface area contributed by atoms with Crippen molar-refractivity contribution in [1.82, 2.24) is 9.78 Å². The van der Waals surface area contributed by atoms with E-state index in [1.54, 1.807) is 24.0 Å². The lowest BCUT2D eigenvalue weighted by Gasteiger charge is -2.07. The van der Waals surface area contributed by atoms with Crippen molar-refractivity contribution in [2.24, 2.45) is 5.92 Å². The van der Waals surface area contributed by atoms with E-state index < -0.39 is 9.84 Å². The highest BCUT2D eigenvalue weighted by atomic mass is 32.2. The van der Waals surface area contributed by atoms with Gasteiger partial charge < -0.3 is 5.11 Å². The van der Waals surface area contributed by atoms with Crippen molar-refractivity contribution in [2.45, 2.75) is 12.7 Å². The monoisotopic (exact) mass is 294 g/mol. The number of aliphatic hydroxyl groups is 1. The maximum atomic E-state index is 12.0. The quantitative estimate of drug-likeness (QED) is 0.874. The van der Waals surface area contributed by atoms with Crippen molar-refractivity contribution in [3.8, 4) is 5.69 Å². The molecule has 1 aromatic carbocycles. The zero-order valence-corrected chi connectivity index (χ0v) is 12.1. The van der Waals surface area contributed by atoms with E-state index in [4.69, 9.17) is 5.11 Å². The van der Waals surface area contributed by atoms with E-state index in [0.29, 0.717) is 5.56 Å². The first-order chi connectivity index (χ1) is 9.50. The molecule has 1 N–H and O–H groups in total. The fourth-order valence-corrected chi connectivity index (χ4v) is 3.70. The summed E-state index contributed by atoms with van der Waals surface area (Å²) in [6.07, 6.45) is 3.28. The number of hydrogen-bond donors (Lipinski definition) is 1. The van der Waals surface area contributed by atoms with Gasteiger partial charge in [-0.15, -0.1) is 0 Å². The summed E-state index contributed by atoms with van der Waals surface area (Å²) in [6, 6.07) is 9.51. The predicted octanol–water partition coefficient (Wildman–Crippen LogP) is 1.42. The fourth-order valence-electron chi connectivity index (χ4n) is 1.96. The molecule has 0 fully saturated rings. The van der Waals surface area contributed by atoms with Gasteiger partial charge in [-0.3, -0.25) is 0 Å². The summed E-state index contributed by atoms with van der Waals surface area (Å²) >= 11 is 0. The van der Waals surface area contributed by atoms with E-state index in [1.807, 2.05) is 30.3 Å². The Labute approximate surface area is 118 Å². The van der Waals surface area contributed by atoms with Crippen LogP contribution in [-0.4, -0.2) is 35.7 Å². The molecule has 0 radical (unpaired) electrons. The maximum Gasteiger partial charge on any atom is 0.154 e. The molecule has 0 aliphatic heterocycles. The minimum Gasteiger partial charge on any atom is -0.396 e. The lowest BCUT2D eigenvalue weighted by atomic mass is 10.2. The Bertz CT molecular complexity index is 650. The van der Waals surface area contributed by atoms with Crippen LogP contribution >= 0.6 is 0 Å². The second-order valence-electron chi connectivity index (χ2n) is 4.97. The molecule has 0 saturated heterocycles. The van der Waals surface area contributed by atoms with Crippen molar-refractivity contribution in [2.75, 3.05) is 12.4 Å². The lowest BCUT2D eigenvalue weighted by Crippen LogP contribution is -2.18. The van der Waals surface area contributed by atoms with Crippen LogP contribution in [0.5, 0.6) is 0 Å². The molecule has 20 heavy (non-hydrogen) atoms. The Morgan fingerprint density at radius 1 is 1.30 bits per heavy atom. The molecule has 2 rings (SSSR count). The van der Waals surface area contributed by atoms with Gasteiger partial charge >= 0.3 is 0 Å². The maximum absolute atomic E-state index is 12.0. The van der Waals surface area contributed by atoms with E-state index >= 15 is 0 Å². The van der Waals surface area contributed by atoms with Crippen LogP contribution in [0, 0.1) is 5.92 Å². The largest absolute Gasteiger partial charge is 0.396 e. The molecule has 1 heterocycles. The van der Waals surface area contributed by atoms with E-state index in [-0.39, 0.29) is 24.0 Å². The predicted molar refractivity (Wildman–Crippen MR) is 77.3 cm³/mol. The van der Waals surface area contributed by atoms with Crippen LogP contribution in [0.25, 0.3) is 5.69 Å². The van der Waals surface area contributed by atoms with Crippen LogP contribution in [0.2, 0.25) is 0 Å². The van der Waals surface area contributed by atoms with Crippen molar-refractivity contribution >= 4 is 9.84 Å². The van der Waals surface area contributed by atoms with Crippen molar-refractivity contribution in [1.29, 1.82) is 0 Å².